The topological polar surface area (TPSA) is 41.1 Å². The van der Waals surface area contributed by atoms with Gasteiger partial charge in [-0.2, -0.15) is 0 Å². The summed E-state index contributed by atoms with van der Waals surface area (Å²) in [6.07, 6.45) is 2.61. The van der Waals surface area contributed by atoms with Crippen LogP contribution in [0.5, 0.6) is 0 Å². The van der Waals surface area contributed by atoms with E-state index in [2.05, 4.69) is 36.5 Å². The molecule has 16 heavy (non-hydrogen) atoms. The normalized spacial score (nSPS) is 11.9. The number of benzene rings is 1. The molecule has 86 valence electrons. The van der Waals surface area contributed by atoms with E-state index in [1.807, 2.05) is 18.2 Å². The van der Waals surface area contributed by atoms with Gasteiger partial charge in [-0.25, -0.2) is 5.43 Å². The van der Waals surface area contributed by atoms with Crippen molar-refractivity contribution in [1.82, 2.24) is 10.9 Å². The largest absolute Gasteiger partial charge is 0.291 e. The number of hydrazine groups is 1. The number of rotatable bonds is 5. The first-order valence-electron chi connectivity index (χ1n) is 5.33. The molecule has 1 atom stereocenters. The molecule has 0 unspecified atom stereocenters. The Morgan fingerprint density at radius 3 is 2.75 bits per heavy atom. The Hall–Kier alpha value is -1.61. The minimum atomic E-state index is -0.0948. The van der Waals surface area contributed by atoms with Crippen LogP contribution in [0.25, 0.3) is 0 Å². The van der Waals surface area contributed by atoms with E-state index in [1.165, 1.54) is 18.1 Å². The fourth-order valence-electron chi connectivity index (χ4n) is 1.60. The highest BCUT2D eigenvalue weighted by atomic mass is 16.2. The van der Waals surface area contributed by atoms with E-state index in [4.69, 9.17) is 0 Å². The maximum atomic E-state index is 10.9. The quantitative estimate of drug-likeness (QED) is 0.588. The van der Waals surface area contributed by atoms with Crippen molar-refractivity contribution in [2.75, 3.05) is 0 Å². The Bertz CT molecular complexity index is 374. The molecule has 0 spiro atoms. The van der Waals surface area contributed by atoms with E-state index < -0.39 is 0 Å². The Morgan fingerprint density at radius 2 is 2.19 bits per heavy atom. The van der Waals surface area contributed by atoms with Gasteiger partial charge in [-0.15, -0.1) is 6.58 Å². The Kier molecular flexibility index (Phi) is 4.73. The minimum absolute atomic E-state index is 0.0719. The monoisotopic (exact) mass is 218 g/mol. The molecule has 0 aliphatic heterocycles. The van der Waals surface area contributed by atoms with Crippen molar-refractivity contribution in [3.05, 3.63) is 48.0 Å². The van der Waals surface area contributed by atoms with Gasteiger partial charge in [0.1, 0.15) is 0 Å². The molecule has 0 fully saturated rings. The molecule has 0 aliphatic carbocycles. The molecule has 2 N–H and O–H groups in total. The predicted molar refractivity (Wildman–Crippen MR) is 65.7 cm³/mol. The molecule has 0 aromatic heterocycles. The van der Waals surface area contributed by atoms with Crippen LogP contribution in [-0.4, -0.2) is 5.91 Å². The van der Waals surface area contributed by atoms with Crippen molar-refractivity contribution < 1.29 is 4.79 Å². The van der Waals surface area contributed by atoms with Crippen molar-refractivity contribution in [1.29, 1.82) is 0 Å². The zero-order chi connectivity index (χ0) is 12.0. The lowest BCUT2D eigenvalue weighted by Crippen LogP contribution is -2.38. The van der Waals surface area contributed by atoms with Crippen LogP contribution < -0.4 is 10.9 Å². The summed E-state index contributed by atoms with van der Waals surface area (Å²) >= 11 is 0. The average Bonchev–Trinajstić information content (AvgIpc) is 2.25. The predicted octanol–water partition coefficient (Wildman–Crippen LogP) is 2.25. The summed E-state index contributed by atoms with van der Waals surface area (Å²) in [7, 11) is 0. The first kappa shape index (κ1) is 12.5. The third kappa shape index (κ3) is 3.51. The summed E-state index contributed by atoms with van der Waals surface area (Å²) < 4.78 is 0. The molecule has 0 bridgehead atoms. The van der Waals surface area contributed by atoms with Gasteiger partial charge in [-0.05, 0) is 24.5 Å². The summed E-state index contributed by atoms with van der Waals surface area (Å²) in [5.41, 5.74) is 8.00. The average molecular weight is 218 g/mol. The highest BCUT2D eigenvalue weighted by Gasteiger charge is 2.11. The van der Waals surface area contributed by atoms with Gasteiger partial charge in [0.25, 0.3) is 0 Å². The number of nitrogens with one attached hydrogen (secondary N) is 2. The van der Waals surface area contributed by atoms with Crippen molar-refractivity contribution in [2.45, 2.75) is 26.3 Å². The van der Waals surface area contributed by atoms with Crippen LogP contribution in [0.1, 0.15) is 30.5 Å². The molecule has 1 amide bonds. The van der Waals surface area contributed by atoms with Crippen LogP contribution in [-0.2, 0) is 4.79 Å². The molecular weight excluding hydrogens is 200 g/mol. The summed E-state index contributed by atoms with van der Waals surface area (Å²) in [6.45, 7) is 7.27. The third-order valence-corrected chi connectivity index (χ3v) is 2.39. The first-order valence-corrected chi connectivity index (χ1v) is 5.33. The van der Waals surface area contributed by atoms with Crippen LogP contribution in [0, 0.1) is 6.92 Å². The lowest BCUT2D eigenvalue weighted by molar-refractivity contribution is -0.120. The van der Waals surface area contributed by atoms with Gasteiger partial charge in [0, 0.05) is 6.92 Å². The summed E-state index contributed by atoms with van der Waals surface area (Å²) in [5.74, 6) is -0.0948. The number of carbonyl (C=O) groups is 1. The number of hydrogen-bond donors (Lipinski definition) is 2. The van der Waals surface area contributed by atoms with Crippen LogP contribution in [0.3, 0.4) is 0 Å². The number of amides is 1. The van der Waals surface area contributed by atoms with Crippen LogP contribution in [0.4, 0.5) is 0 Å². The van der Waals surface area contributed by atoms with E-state index in [9.17, 15) is 4.79 Å². The Morgan fingerprint density at radius 1 is 1.50 bits per heavy atom. The summed E-state index contributed by atoms with van der Waals surface area (Å²) in [5, 5.41) is 0. The standard InChI is InChI=1S/C13H18N2O/c1-4-7-13(15-14-11(3)16)12-9-6-5-8-10(12)2/h4-6,8-9,13,15H,1,7H2,2-3H3,(H,14,16)/t13-/m1/s1. The number of hydrogen-bond acceptors (Lipinski definition) is 2. The molecule has 0 aliphatic rings. The zero-order valence-electron chi connectivity index (χ0n) is 9.79. The van der Waals surface area contributed by atoms with Gasteiger partial charge in [0.05, 0.1) is 6.04 Å². The molecule has 3 heteroatoms. The van der Waals surface area contributed by atoms with Crippen LogP contribution in [0.15, 0.2) is 36.9 Å². The van der Waals surface area contributed by atoms with E-state index in [1.54, 1.807) is 0 Å². The molecule has 1 aromatic rings. The van der Waals surface area contributed by atoms with Crippen LogP contribution >= 0.6 is 0 Å². The Balaban J connectivity index is 2.80. The molecule has 1 rings (SSSR count). The molecule has 3 nitrogen and oxygen atoms in total. The first-order chi connectivity index (χ1) is 7.65. The van der Waals surface area contributed by atoms with Gasteiger partial charge >= 0.3 is 0 Å². The van der Waals surface area contributed by atoms with Gasteiger partial charge in [0.2, 0.25) is 5.91 Å². The van der Waals surface area contributed by atoms with Gasteiger partial charge < -0.3 is 0 Å². The second kappa shape index (κ2) is 6.08. The highest BCUT2D eigenvalue weighted by Crippen LogP contribution is 2.19. The maximum Gasteiger partial charge on any atom is 0.230 e. The smallest absolute Gasteiger partial charge is 0.230 e. The SMILES string of the molecule is C=CC[C@@H](NNC(C)=O)c1ccccc1C. The van der Waals surface area contributed by atoms with E-state index in [0.29, 0.717) is 0 Å². The van der Waals surface area contributed by atoms with E-state index in [0.717, 1.165) is 6.42 Å². The van der Waals surface area contributed by atoms with Crippen molar-refractivity contribution in [2.24, 2.45) is 0 Å². The number of aryl methyl sites for hydroxylation is 1. The maximum absolute atomic E-state index is 10.9. The van der Waals surface area contributed by atoms with Gasteiger partial charge in [-0.1, -0.05) is 30.3 Å². The van der Waals surface area contributed by atoms with Gasteiger partial charge in [-0.3, -0.25) is 10.2 Å². The third-order valence-electron chi connectivity index (χ3n) is 2.39. The van der Waals surface area contributed by atoms with Crippen molar-refractivity contribution >= 4 is 5.91 Å². The number of carbonyl (C=O) groups excluding carboxylic acids is 1. The minimum Gasteiger partial charge on any atom is -0.291 e. The van der Waals surface area contributed by atoms with E-state index in [-0.39, 0.29) is 11.9 Å². The lowest BCUT2D eigenvalue weighted by Gasteiger charge is -2.19. The zero-order valence-corrected chi connectivity index (χ0v) is 9.79. The van der Waals surface area contributed by atoms with Crippen molar-refractivity contribution in [3.63, 3.8) is 0 Å². The fraction of sp³-hybridized carbons (Fsp3) is 0.308. The molecule has 0 saturated heterocycles. The molecule has 1 aromatic carbocycles. The highest BCUT2D eigenvalue weighted by molar-refractivity contribution is 5.72. The Labute approximate surface area is 96.5 Å². The van der Waals surface area contributed by atoms with Gasteiger partial charge in [0.15, 0.2) is 0 Å². The molecule has 0 saturated carbocycles. The fourth-order valence-corrected chi connectivity index (χ4v) is 1.60. The van der Waals surface area contributed by atoms with E-state index >= 15 is 0 Å². The van der Waals surface area contributed by atoms with Crippen LogP contribution in [0.2, 0.25) is 0 Å². The second-order valence-corrected chi connectivity index (χ2v) is 3.76. The van der Waals surface area contributed by atoms with Crippen molar-refractivity contribution in [3.8, 4) is 0 Å². The lowest BCUT2D eigenvalue weighted by atomic mass is 9.99. The second-order valence-electron chi connectivity index (χ2n) is 3.76. The summed E-state index contributed by atoms with van der Waals surface area (Å²) in [6, 6.07) is 8.18. The molecule has 0 heterocycles. The molecular formula is C13H18N2O. The summed E-state index contributed by atoms with van der Waals surface area (Å²) in [4.78, 5) is 10.9. The molecule has 0 radical (unpaired) electrons.